The fourth-order valence-corrected chi connectivity index (χ4v) is 4.60. The van der Waals surface area contributed by atoms with Crippen LogP contribution in [-0.4, -0.2) is 79.5 Å². The molecule has 2 aliphatic heterocycles. The van der Waals surface area contributed by atoms with Crippen LogP contribution in [0.1, 0.15) is 19.8 Å². The zero-order valence-corrected chi connectivity index (χ0v) is 12.5. The van der Waals surface area contributed by atoms with Crippen molar-refractivity contribution in [1.29, 1.82) is 0 Å². The van der Waals surface area contributed by atoms with Crippen LogP contribution >= 0.6 is 0 Å². The zero-order chi connectivity index (χ0) is 13.9. The predicted octanol–water partition coefficient (Wildman–Crippen LogP) is -0.427. The average molecular weight is 291 g/mol. The molecule has 0 spiro atoms. The molecule has 2 heterocycles. The number of aliphatic hydroxyl groups excluding tert-OH is 1. The molecular weight excluding hydrogens is 266 g/mol. The molecule has 0 saturated carbocycles. The number of piperazine rings is 1. The third kappa shape index (κ3) is 3.66. The topological polar surface area (TPSA) is 64.1 Å². The van der Waals surface area contributed by atoms with Crippen LogP contribution in [0, 0.1) is 5.92 Å². The first-order valence-corrected chi connectivity index (χ1v) is 8.52. The lowest BCUT2D eigenvalue weighted by atomic mass is 10.0. The van der Waals surface area contributed by atoms with Crippen molar-refractivity contribution >= 4 is 10.2 Å². The van der Waals surface area contributed by atoms with Crippen LogP contribution in [0.25, 0.3) is 0 Å². The van der Waals surface area contributed by atoms with Crippen molar-refractivity contribution in [2.24, 2.45) is 5.92 Å². The highest BCUT2D eigenvalue weighted by Crippen LogP contribution is 2.21. The average Bonchev–Trinajstić information content (AvgIpc) is 2.40. The number of rotatable bonds is 4. The molecule has 0 aromatic heterocycles. The smallest absolute Gasteiger partial charge is 0.282 e. The third-order valence-electron chi connectivity index (χ3n) is 4.02. The first-order valence-electron chi connectivity index (χ1n) is 7.12. The van der Waals surface area contributed by atoms with Crippen LogP contribution in [0.4, 0.5) is 0 Å². The van der Waals surface area contributed by atoms with Crippen LogP contribution in [0.2, 0.25) is 0 Å². The molecule has 0 aliphatic carbocycles. The molecule has 2 saturated heterocycles. The Bertz CT molecular complexity index is 380. The summed E-state index contributed by atoms with van der Waals surface area (Å²) in [6, 6.07) is 0. The molecule has 0 aromatic carbocycles. The molecule has 0 bridgehead atoms. The van der Waals surface area contributed by atoms with Gasteiger partial charge in [-0.1, -0.05) is 6.92 Å². The molecule has 6 nitrogen and oxygen atoms in total. The summed E-state index contributed by atoms with van der Waals surface area (Å²) < 4.78 is 28.3. The summed E-state index contributed by atoms with van der Waals surface area (Å²) >= 11 is 0. The fraction of sp³-hybridized carbons (Fsp3) is 1.00. The van der Waals surface area contributed by atoms with Gasteiger partial charge in [-0.15, -0.1) is 0 Å². The number of hydrogen-bond donors (Lipinski definition) is 1. The number of aliphatic hydroxyl groups is 1. The number of hydrogen-bond acceptors (Lipinski definition) is 4. The Hall–Kier alpha value is -0.210. The van der Waals surface area contributed by atoms with Crippen molar-refractivity contribution in [1.82, 2.24) is 13.5 Å². The standard InChI is InChI=1S/C12H25N3O3S/c1-12-3-2-4-15(11-12)19(17,18)14-7-5-13(6-8-14)9-10-16/h12,16H,2-11H2,1H3. The lowest BCUT2D eigenvalue weighted by Gasteiger charge is -2.38. The van der Waals surface area contributed by atoms with Gasteiger partial charge in [-0.25, -0.2) is 0 Å². The Morgan fingerprint density at radius 2 is 1.79 bits per heavy atom. The molecular formula is C12H25N3O3S. The maximum atomic E-state index is 12.5. The minimum atomic E-state index is -3.28. The highest BCUT2D eigenvalue weighted by atomic mass is 32.2. The van der Waals surface area contributed by atoms with E-state index in [0.717, 1.165) is 12.8 Å². The molecule has 7 heteroatoms. The van der Waals surface area contributed by atoms with Crippen molar-refractivity contribution in [2.45, 2.75) is 19.8 Å². The number of piperidine rings is 1. The third-order valence-corrected chi connectivity index (χ3v) is 6.02. The Balaban J connectivity index is 1.93. The molecule has 2 aliphatic rings. The van der Waals surface area contributed by atoms with E-state index in [-0.39, 0.29) is 6.61 Å². The van der Waals surface area contributed by atoms with Gasteiger partial charge in [-0.3, -0.25) is 4.90 Å². The summed E-state index contributed by atoms with van der Waals surface area (Å²) in [5.74, 6) is 0.458. The molecule has 1 atom stereocenters. The van der Waals surface area contributed by atoms with Gasteiger partial charge < -0.3 is 5.11 Å². The van der Waals surface area contributed by atoms with E-state index in [1.165, 1.54) is 0 Å². The highest BCUT2D eigenvalue weighted by molar-refractivity contribution is 7.86. The summed E-state index contributed by atoms with van der Waals surface area (Å²) in [6.45, 7) is 6.68. The maximum Gasteiger partial charge on any atom is 0.282 e. The van der Waals surface area contributed by atoms with E-state index in [2.05, 4.69) is 11.8 Å². The molecule has 19 heavy (non-hydrogen) atoms. The van der Waals surface area contributed by atoms with Gasteiger partial charge in [0.1, 0.15) is 0 Å². The lowest BCUT2D eigenvalue weighted by molar-refractivity contribution is 0.145. The van der Waals surface area contributed by atoms with Crippen LogP contribution in [0.15, 0.2) is 0 Å². The molecule has 2 rings (SSSR count). The van der Waals surface area contributed by atoms with Gasteiger partial charge in [-0.05, 0) is 18.8 Å². The van der Waals surface area contributed by atoms with Gasteiger partial charge in [0, 0.05) is 45.8 Å². The second-order valence-corrected chi connectivity index (χ2v) is 7.51. The Morgan fingerprint density at radius 1 is 1.11 bits per heavy atom. The molecule has 0 radical (unpaired) electrons. The predicted molar refractivity (Wildman–Crippen MR) is 74.0 cm³/mol. The lowest BCUT2D eigenvalue weighted by Crippen LogP contribution is -2.54. The first-order chi connectivity index (χ1) is 9.04. The molecule has 0 aromatic rings. The van der Waals surface area contributed by atoms with Gasteiger partial charge in [0.05, 0.1) is 6.61 Å². The van der Waals surface area contributed by atoms with Crippen LogP contribution < -0.4 is 0 Å². The second kappa shape index (κ2) is 6.49. The van der Waals surface area contributed by atoms with Gasteiger partial charge in [0.25, 0.3) is 10.2 Å². The summed E-state index contributed by atoms with van der Waals surface area (Å²) in [6.07, 6.45) is 2.08. The van der Waals surface area contributed by atoms with Crippen molar-refractivity contribution in [3.63, 3.8) is 0 Å². The number of nitrogens with zero attached hydrogens (tertiary/aromatic N) is 3. The van der Waals surface area contributed by atoms with Crippen LogP contribution in [-0.2, 0) is 10.2 Å². The summed E-state index contributed by atoms with van der Waals surface area (Å²) in [5, 5.41) is 8.90. The van der Waals surface area contributed by atoms with E-state index in [1.54, 1.807) is 8.61 Å². The molecule has 0 amide bonds. The highest BCUT2D eigenvalue weighted by Gasteiger charge is 2.34. The summed E-state index contributed by atoms with van der Waals surface area (Å²) in [5.41, 5.74) is 0. The Morgan fingerprint density at radius 3 is 2.37 bits per heavy atom. The van der Waals surface area contributed by atoms with E-state index in [9.17, 15) is 8.42 Å². The molecule has 112 valence electrons. The summed E-state index contributed by atoms with van der Waals surface area (Å²) in [4.78, 5) is 2.10. The van der Waals surface area contributed by atoms with Crippen LogP contribution in [0.3, 0.4) is 0 Å². The van der Waals surface area contributed by atoms with E-state index in [4.69, 9.17) is 5.11 Å². The normalized spacial score (nSPS) is 28.6. The largest absolute Gasteiger partial charge is 0.395 e. The van der Waals surface area contributed by atoms with Crippen molar-refractivity contribution in [3.05, 3.63) is 0 Å². The quantitative estimate of drug-likeness (QED) is 0.764. The molecule has 1 unspecified atom stereocenters. The molecule has 1 N–H and O–H groups in total. The SMILES string of the molecule is CC1CCCN(S(=O)(=O)N2CCN(CCO)CC2)C1. The van der Waals surface area contributed by atoms with E-state index in [1.807, 2.05) is 0 Å². The van der Waals surface area contributed by atoms with E-state index < -0.39 is 10.2 Å². The van der Waals surface area contributed by atoms with Gasteiger partial charge in [-0.2, -0.15) is 17.0 Å². The zero-order valence-electron chi connectivity index (χ0n) is 11.7. The maximum absolute atomic E-state index is 12.5. The minimum Gasteiger partial charge on any atom is -0.395 e. The second-order valence-electron chi connectivity index (χ2n) is 5.58. The van der Waals surface area contributed by atoms with Crippen LogP contribution in [0.5, 0.6) is 0 Å². The molecule has 2 fully saturated rings. The Labute approximate surface area is 116 Å². The summed E-state index contributed by atoms with van der Waals surface area (Å²) in [7, 11) is -3.28. The van der Waals surface area contributed by atoms with Crippen molar-refractivity contribution in [2.75, 3.05) is 52.4 Å². The number of β-amino-alcohol motifs (C(OH)–C–C–N with tert-alkyl or cyclic N) is 1. The monoisotopic (exact) mass is 291 g/mol. The van der Waals surface area contributed by atoms with Crippen molar-refractivity contribution < 1.29 is 13.5 Å². The Kier molecular flexibility index (Phi) is 5.19. The minimum absolute atomic E-state index is 0.135. The first kappa shape index (κ1) is 15.2. The van der Waals surface area contributed by atoms with Gasteiger partial charge >= 0.3 is 0 Å². The van der Waals surface area contributed by atoms with E-state index >= 15 is 0 Å². The van der Waals surface area contributed by atoms with E-state index in [0.29, 0.717) is 51.7 Å². The fourth-order valence-electron chi connectivity index (χ4n) is 2.84. The van der Waals surface area contributed by atoms with Gasteiger partial charge in [0.15, 0.2) is 0 Å². The van der Waals surface area contributed by atoms with Crippen molar-refractivity contribution in [3.8, 4) is 0 Å². The van der Waals surface area contributed by atoms with Gasteiger partial charge in [0.2, 0.25) is 0 Å².